The molecule has 0 aliphatic carbocycles. The number of allylic oxidation sites excluding steroid dienone is 1. The van der Waals surface area contributed by atoms with Gasteiger partial charge in [-0.15, -0.1) is 0 Å². The number of nitrogens with one attached hydrogen (secondary N) is 1. The number of carbonyl (C=O) groups excluding carboxylic acids is 1. The number of aliphatic imine (C=N–C) groups is 1. The molecule has 0 unspecified atom stereocenters. The summed E-state index contributed by atoms with van der Waals surface area (Å²) < 4.78 is 0. The highest BCUT2D eigenvalue weighted by Crippen LogP contribution is 2.12. The highest BCUT2D eigenvalue weighted by Gasteiger charge is 2.16. The largest absolute Gasteiger partial charge is 0.325 e. The van der Waals surface area contributed by atoms with Gasteiger partial charge < -0.3 is 5.32 Å². The summed E-state index contributed by atoms with van der Waals surface area (Å²) >= 11 is 0. The van der Waals surface area contributed by atoms with Crippen molar-refractivity contribution in [3.05, 3.63) is 42.1 Å². The van der Waals surface area contributed by atoms with Crippen LogP contribution < -0.4 is 5.32 Å². The molecule has 0 bridgehead atoms. The van der Waals surface area contributed by atoms with Gasteiger partial charge in [0.15, 0.2) is 0 Å². The Balaban J connectivity index is 2.32. The first-order chi connectivity index (χ1) is 6.75. The summed E-state index contributed by atoms with van der Waals surface area (Å²) in [5, 5.41) is 2.68. The monoisotopic (exact) mass is 186 g/mol. The number of nitrogens with zero attached hydrogens (tertiary/aromatic N) is 1. The zero-order valence-corrected chi connectivity index (χ0v) is 7.82. The second-order valence-corrected chi connectivity index (χ2v) is 3.11. The van der Waals surface area contributed by atoms with Gasteiger partial charge in [-0.1, -0.05) is 18.2 Å². The van der Waals surface area contributed by atoms with Crippen LogP contribution in [0.25, 0.3) is 0 Å². The standard InChI is InChI=1S/C11H10N2O/c1-8-7-10(11(14)12-8)13-9-5-3-2-4-6-9/h2-7H,1H3,(H,12,13,14). The number of para-hydroxylation sites is 1. The minimum absolute atomic E-state index is 0.133. The quantitative estimate of drug-likeness (QED) is 0.713. The number of hydrogen-bond acceptors (Lipinski definition) is 2. The fraction of sp³-hybridized carbons (Fsp3) is 0.0909. The van der Waals surface area contributed by atoms with Crippen molar-refractivity contribution >= 4 is 17.3 Å². The highest BCUT2D eigenvalue weighted by atomic mass is 16.2. The van der Waals surface area contributed by atoms with Crippen LogP contribution in [0.4, 0.5) is 5.69 Å². The van der Waals surface area contributed by atoms with E-state index in [1.165, 1.54) is 0 Å². The second kappa shape index (κ2) is 3.46. The van der Waals surface area contributed by atoms with Gasteiger partial charge in [-0.25, -0.2) is 4.99 Å². The van der Waals surface area contributed by atoms with Gasteiger partial charge in [-0.05, 0) is 25.1 Å². The summed E-state index contributed by atoms with van der Waals surface area (Å²) in [6.07, 6.45) is 1.75. The highest BCUT2D eigenvalue weighted by molar-refractivity contribution is 6.46. The Morgan fingerprint density at radius 3 is 2.50 bits per heavy atom. The van der Waals surface area contributed by atoms with Gasteiger partial charge in [-0.2, -0.15) is 0 Å². The van der Waals surface area contributed by atoms with E-state index < -0.39 is 0 Å². The molecule has 0 aromatic heterocycles. The Bertz CT molecular complexity index is 418. The Morgan fingerprint density at radius 1 is 1.21 bits per heavy atom. The summed E-state index contributed by atoms with van der Waals surface area (Å²) in [6, 6.07) is 9.43. The molecule has 3 nitrogen and oxygen atoms in total. The fourth-order valence-electron chi connectivity index (χ4n) is 1.27. The molecule has 0 saturated heterocycles. The van der Waals surface area contributed by atoms with Crippen LogP contribution in [0.5, 0.6) is 0 Å². The predicted octanol–water partition coefficient (Wildman–Crippen LogP) is 1.79. The van der Waals surface area contributed by atoms with Gasteiger partial charge in [-0.3, -0.25) is 4.79 Å². The third-order valence-electron chi connectivity index (χ3n) is 1.90. The Hall–Kier alpha value is -1.90. The van der Waals surface area contributed by atoms with Crippen LogP contribution in [-0.4, -0.2) is 11.6 Å². The molecule has 14 heavy (non-hydrogen) atoms. The van der Waals surface area contributed by atoms with Gasteiger partial charge >= 0.3 is 0 Å². The van der Waals surface area contributed by atoms with E-state index in [4.69, 9.17) is 0 Å². The Morgan fingerprint density at radius 2 is 1.93 bits per heavy atom. The number of carbonyl (C=O) groups is 1. The normalized spacial score (nSPS) is 18.2. The van der Waals surface area contributed by atoms with Crippen molar-refractivity contribution in [2.24, 2.45) is 4.99 Å². The molecule has 1 amide bonds. The molecule has 1 aliphatic rings. The van der Waals surface area contributed by atoms with Gasteiger partial charge in [0.25, 0.3) is 5.91 Å². The molecule has 0 atom stereocenters. The van der Waals surface area contributed by atoms with E-state index in [0.717, 1.165) is 11.4 Å². The van der Waals surface area contributed by atoms with Crippen LogP contribution in [0.3, 0.4) is 0 Å². The van der Waals surface area contributed by atoms with E-state index in [9.17, 15) is 4.79 Å². The topological polar surface area (TPSA) is 41.5 Å². The first kappa shape index (κ1) is 8.69. The predicted molar refractivity (Wildman–Crippen MR) is 55.4 cm³/mol. The number of rotatable bonds is 1. The molecular formula is C11H10N2O. The molecule has 1 aromatic carbocycles. The zero-order valence-electron chi connectivity index (χ0n) is 7.82. The van der Waals surface area contributed by atoms with Crippen molar-refractivity contribution in [1.29, 1.82) is 0 Å². The third kappa shape index (κ3) is 1.71. The van der Waals surface area contributed by atoms with Crippen LogP contribution >= 0.6 is 0 Å². The molecule has 0 fully saturated rings. The van der Waals surface area contributed by atoms with E-state index >= 15 is 0 Å². The van der Waals surface area contributed by atoms with Crippen LogP contribution in [0.1, 0.15) is 6.92 Å². The van der Waals surface area contributed by atoms with Gasteiger partial charge in [0.2, 0.25) is 0 Å². The molecular weight excluding hydrogens is 176 g/mol. The first-order valence-corrected chi connectivity index (χ1v) is 4.39. The van der Waals surface area contributed by atoms with Crippen LogP contribution in [0.15, 0.2) is 47.1 Å². The van der Waals surface area contributed by atoms with E-state index in [2.05, 4.69) is 10.3 Å². The zero-order chi connectivity index (χ0) is 9.97. The SMILES string of the molecule is CC1=CC(=Nc2ccccc2)C(=O)N1. The minimum atomic E-state index is -0.133. The molecule has 3 heteroatoms. The molecule has 1 aromatic rings. The number of hydrogen-bond donors (Lipinski definition) is 1. The smallest absolute Gasteiger partial charge is 0.274 e. The van der Waals surface area contributed by atoms with Crippen molar-refractivity contribution in [3.8, 4) is 0 Å². The lowest BCUT2D eigenvalue weighted by atomic mass is 10.3. The van der Waals surface area contributed by atoms with Crippen molar-refractivity contribution in [2.45, 2.75) is 6.92 Å². The Labute approximate surface area is 82.2 Å². The number of amides is 1. The second-order valence-electron chi connectivity index (χ2n) is 3.11. The lowest BCUT2D eigenvalue weighted by molar-refractivity contribution is -0.113. The molecule has 2 rings (SSSR count). The fourth-order valence-corrected chi connectivity index (χ4v) is 1.27. The van der Waals surface area contributed by atoms with Crippen molar-refractivity contribution in [3.63, 3.8) is 0 Å². The van der Waals surface area contributed by atoms with Gasteiger partial charge in [0, 0.05) is 5.70 Å². The summed E-state index contributed by atoms with van der Waals surface area (Å²) in [5.74, 6) is -0.133. The maximum atomic E-state index is 11.3. The van der Waals surface area contributed by atoms with E-state index in [1.807, 2.05) is 37.3 Å². The van der Waals surface area contributed by atoms with Crippen LogP contribution in [-0.2, 0) is 4.79 Å². The maximum absolute atomic E-state index is 11.3. The average Bonchev–Trinajstić information content (AvgIpc) is 2.47. The Kier molecular flexibility index (Phi) is 2.14. The molecule has 0 spiro atoms. The molecule has 1 N–H and O–H groups in total. The summed E-state index contributed by atoms with van der Waals surface area (Å²) in [4.78, 5) is 15.5. The molecule has 0 saturated carbocycles. The average molecular weight is 186 g/mol. The van der Waals surface area contributed by atoms with E-state index in [0.29, 0.717) is 5.71 Å². The van der Waals surface area contributed by atoms with Gasteiger partial charge in [0.1, 0.15) is 5.71 Å². The summed E-state index contributed by atoms with van der Waals surface area (Å²) in [6.45, 7) is 1.84. The molecule has 0 radical (unpaired) electrons. The summed E-state index contributed by atoms with van der Waals surface area (Å²) in [7, 11) is 0. The first-order valence-electron chi connectivity index (χ1n) is 4.39. The van der Waals surface area contributed by atoms with Crippen molar-refractivity contribution in [1.82, 2.24) is 5.32 Å². The third-order valence-corrected chi connectivity index (χ3v) is 1.90. The maximum Gasteiger partial charge on any atom is 0.274 e. The van der Waals surface area contributed by atoms with Crippen LogP contribution in [0.2, 0.25) is 0 Å². The summed E-state index contributed by atoms with van der Waals surface area (Å²) in [5.41, 5.74) is 2.10. The molecule has 70 valence electrons. The van der Waals surface area contributed by atoms with Crippen molar-refractivity contribution in [2.75, 3.05) is 0 Å². The lowest BCUT2D eigenvalue weighted by Gasteiger charge is -1.94. The van der Waals surface area contributed by atoms with E-state index in [1.54, 1.807) is 6.08 Å². The van der Waals surface area contributed by atoms with Crippen molar-refractivity contribution < 1.29 is 4.79 Å². The minimum Gasteiger partial charge on any atom is -0.325 e. The number of benzene rings is 1. The molecule has 1 heterocycles. The van der Waals surface area contributed by atoms with Crippen LogP contribution in [0, 0.1) is 0 Å². The lowest BCUT2D eigenvalue weighted by Crippen LogP contribution is -2.20. The molecule has 1 aliphatic heterocycles. The van der Waals surface area contributed by atoms with E-state index in [-0.39, 0.29) is 5.91 Å². The van der Waals surface area contributed by atoms with Gasteiger partial charge in [0.05, 0.1) is 5.69 Å².